The van der Waals surface area contributed by atoms with Gasteiger partial charge in [-0.1, -0.05) is 25.1 Å². The topological polar surface area (TPSA) is 87.3 Å². The number of amides is 3. The summed E-state index contributed by atoms with van der Waals surface area (Å²) in [5.41, 5.74) is 6.11. The molecule has 2 aromatic carbocycles. The van der Waals surface area contributed by atoms with Crippen LogP contribution in [0.15, 0.2) is 48.5 Å². The van der Waals surface area contributed by atoms with E-state index in [9.17, 15) is 18.8 Å². The van der Waals surface area contributed by atoms with E-state index < -0.39 is 11.8 Å². The molecule has 0 heterocycles. The van der Waals surface area contributed by atoms with Crippen molar-refractivity contribution in [3.63, 3.8) is 0 Å². The van der Waals surface area contributed by atoms with Crippen LogP contribution in [0.1, 0.15) is 29.3 Å². The lowest BCUT2D eigenvalue weighted by Gasteiger charge is -2.09. The summed E-state index contributed by atoms with van der Waals surface area (Å²) in [6.07, 6.45) is 0.891. The fourth-order valence-corrected chi connectivity index (χ4v) is 2.69. The van der Waals surface area contributed by atoms with Crippen molar-refractivity contribution in [2.24, 2.45) is 11.8 Å². The predicted octanol–water partition coefficient (Wildman–Crippen LogP) is 2.42. The van der Waals surface area contributed by atoms with Crippen molar-refractivity contribution in [1.29, 1.82) is 0 Å². The summed E-state index contributed by atoms with van der Waals surface area (Å²) < 4.78 is 12.9. The van der Waals surface area contributed by atoms with Gasteiger partial charge in [-0.15, -0.1) is 0 Å². The first-order valence-corrected chi connectivity index (χ1v) is 8.67. The van der Waals surface area contributed by atoms with Gasteiger partial charge in [0, 0.05) is 17.2 Å². The average molecular weight is 369 g/mol. The van der Waals surface area contributed by atoms with Crippen molar-refractivity contribution < 1.29 is 18.8 Å². The Bertz CT molecular complexity index is 867. The van der Waals surface area contributed by atoms with Crippen molar-refractivity contribution in [2.45, 2.75) is 19.8 Å². The Kier molecular flexibility index (Phi) is 5.49. The Labute approximate surface area is 156 Å². The minimum Gasteiger partial charge on any atom is -0.326 e. The van der Waals surface area contributed by atoms with Crippen LogP contribution in [-0.2, 0) is 16.0 Å². The normalized spacial score (nSPS) is 17.7. The molecule has 1 aliphatic rings. The zero-order chi connectivity index (χ0) is 19.4. The van der Waals surface area contributed by atoms with Crippen molar-refractivity contribution in [3.8, 4) is 0 Å². The minimum atomic E-state index is -0.502. The molecule has 0 radical (unpaired) electrons. The maximum absolute atomic E-state index is 12.9. The Balaban J connectivity index is 1.51. The number of rotatable bonds is 5. The molecule has 140 valence electrons. The first kappa shape index (κ1) is 18.6. The van der Waals surface area contributed by atoms with Crippen LogP contribution in [0.4, 0.5) is 10.1 Å². The Hall–Kier alpha value is -3.22. The van der Waals surface area contributed by atoms with Crippen LogP contribution in [-0.4, -0.2) is 17.7 Å². The Morgan fingerprint density at radius 2 is 1.78 bits per heavy atom. The molecule has 6 nitrogen and oxygen atoms in total. The summed E-state index contributed by atoms with van der Waals surface area (Å²) in [6, 6.07) is 12.0. The summed E-state index contributed by atoms with van der Waals surface area (Å²) in [6.45, 7) is 2.02. The predicted molar refractivity (Wildman–Crippen MR) is 98.1 cm³/mol. The molecule has 1 fully saturated rings. The van der Waals surface area contributed by atoms with Gasteiger partial charge in [-0.25, -0.2) is 4.39 Å². The van der Waals surface area contributed by atoms with Gasteiger partial charge < -0.3 is 5.32 Å². The van der Waals surface area contributed by atoms with Crippen molar-refractivity contribution in [1.82, 2.24) is 10.9 Å². The van der Waals surface area contributed by atoms with E-state index in [0.29, 0.717) is 22.7 Å². The molecule has 3 N–H and O–H groups in total. The molecule has 2 aromatic rings. The molecule has 3 rings (SSSR count). The standard InChI is InChI=1S/C20H20FN3O3/c1-12-9-17(12)20(27)22-16-4-2-3-14(11-16)19(26)24-23-18(25)10-13-5-7-15(21)8-6-13/h2-8,11-12,17H,9-10H2,1H3,(H,22,27)(H,23,25)(H,24,26). The van der Waals surface area contributed by atoms with E-state index in [-0.39, 0.29) is 24.1 Å². The monoisotopic (exact) mass is 369 g/mol. The van der Waals surface area contributed by atoms with E-state index in [2.05, 4.69) is 16.2 Å². The lowest BCUT2D eigenvalue weighted by atomic mass is 10.1. The minimum absolute atomic E-state index is 0.0101. The van der Waals surface area contributed by atoms with E-state index in [0.717, 1.165) is 6.42 Å². The third kappa shape index (κ3) is 5.13. The summed E-state index contributed by atoms with van der Waals surface area (Å²) in [5.74, 6) is -0.926. The van der Waals surface area contributed by atoms with Gasteiger partial charge in [0.25, 0.3) is 5.91 Å². The van der Waals surface area contributed by atoms with Gasteiger partial charge in [0.15, 0.2) is 0 Å². The van der Waals surface area contributed by atoms with Gasteiger partial charge in [-0.3, -0.25) is 25.2 Å². The third-order valence-corrected chi connectivity index (χ3v) is 4.43. The molecule has 27 heavy (non-hydrogen) atoms. The smallest absolute Gasteiger partial charge is 0.269 e. The summed E-state index contributed by atoms with van der Waals surface area (Å²) in [4.78, 5) is 36.1. The van der Waals surface area contributed by atoms with E-state index in [4.69, 9.17) is 0 Å². The molecule has 2 atom stereocenters. The molecular formula is C20H20FN3O3. The van der Waals surface area contributed by atoms with Crippen LogP contribution >= 0.6 is 0 Å². The second kappa shape index (κ2) is 7.99. The van der Waals surface area contributed by atoms with Crippen LogP contribution in [0.5, 0.6) is 0 Å². The number of carbonyl (C=O) groups excluding carboxylic acids is 3. The van der Waals surface area contributed by atoms with Gasteiger partial charge in [-0.05, 0) is 48.2 Å². The molecule has 0 bridgehead atoms. The molecular weight excluding hydrogens is 349 g/mol. The molecule has 0 spiro atoms. The molecule has 0 aliphatic heterocycles. The Morgan fingerprint density at radius 1 is 1.07 bits per heavy atom. The van der Waals surface area contributed by atoms with Gasteiger partial charge >= 0.3 is 0 Å². The number of hydrogen-bond donors (Lipinski definition) is 3. The number of halogens is 1. The average Bonchev–Trinajstić information content (AvgIpc) is 3.39. The van der Waals surface area contributed by atoms with Crippen molar-refractivity contribution in [3.05, 3.63) is 65.5 Å². The maximum Gasteiger partial charge on any atom is 0.269 e. The highest BCUT2D eigenvalue weighted by Gasteiger charge is 2.39. The molecule has 1 aliphatic carbocycles. The van der Waals surface area contributed by atoms with Crippen molar-refractivity contribution in [2.75, 3.05) is 5.32 Å². The van der Waals surface area contributed by atoms with E-state index in [1.165, 1.54) is 24.3 Å². The molecule has 2 unspecified atom stereocenters. The van der Waals surface area contributed by atoms with Gasteiger partial charge in [0.1, 0.15) is 5.82 Å². The SMILES string of the molecule is CC1CC1C(=O)Nc1cccc(C(=O)NNC(=O)Cc2ccc(F)cc2)c1. The molecule has 0 aromatic heterocycles. The van der Waals surface area contributed by atoms with Crippen LogP contribution in [0, 0.1) is 17.7 Å². The highest BCUT2D eigenvalue weighted by Crippen LogP contribution is 2.38. The fraction of sp³-hybridized carbons (Fsp3) is 0.250. The Morgan fingerprint density at radius 3 is 2.44 bits per heavy atom. The second-order valence-electron chi connectivity index (χ2n) is 6.70. The maximum atomic E-state index is 12.9. The largest absolute Gasteiger partial charge is 0.326 e. The zero-order valence-electron chi connectivity index (χ0n) is 14.8. The lowest BCUT2D eigenvalue weighted by molar-refractivity contribution is -0.121. The number of carbonyl (C=O) groups is 3. The second-order valence-corrected chi connectivity index (χ2v) is 6.70. The summed E-state index contributed by atoms with van der Waals surface area (Å²) in [5, 5.41) is 2.79. The zero-order valence-corrected chi connectivity index (χ0v) is 14.8. The van der Waals surface area contributed by atoms with E-state index in [1.54, 1.807) is 24.3 Å². The lowest BCUT2D eigenvalue weighted by Crippen LogP contribution is -2.42. The van der Waals surface area contributed by atoms with Crippen LogP contribution in [0.3, 0.4) is 0 Å². The quantitative estimate of drug-likeness (QED) is 0.708. The number of nitrogens with one attached hydrogen (secondary N) is 3. The number of anilines is 1. The first-order chi connectivity index (χ1) is 12.9. The molecule has 1 saturated carbocycles. The number of hydrazine groups is 1. The molecule has 0 saturated heterocycles. The summed E-state index contributed by atoms with van der Waals surface area (Å²) >= 11 is 0. The number of hydrogen-bond acceptors (Lipinski definition) is 3. The molecule has 3 amide bonds. The van der Waals surface area contributed by atoms with Crippen LogP contribution in [0.2, 0.25) is 0 Å². The molecule has 7 heteroatoms. The first-order valence-electron chi connectivity index (χ1n) is 8.67. The summed E-state index contributed by atoms with van der Waals surface area (Å²) in [7, 11) is 0. The van der Waals surface area contributed by atoms with Gasteiger partial charge in [0.05, 0.1) is 6.42 Å². The van der Waals surface area contributed by atoms with Gasteiger partial charge in [-0.2, -0.15) is 0 Å². The van der Waals surface area contributed by atoms with Crippen LogP contribution in [0.25, 0.3) is 0 Å². The van der Waals surface area contributed by atoms with Crippen LogP contribution < -0.4 is 16.2 Å². The fourth-order valence-electron chi connectivity index (χ4n) is 2.69. The number of benzene rings is 2. The van der Waals surface area contributed by atoms with E-state index in [1.807, 2.05) is 6.92 Å². The highest BCUT2D eigenvalue weighted by molar-refractivity contribution is 5.99. The third-order valence-electron chi connectivity index (χ3n) is 4.43. The van der Waals surface area contributed by atoms with Gasteiger partial charge in [0.2, 0.25) is 11.8 Å². The highest BCUT2D eigenvalue weighted by atomic mass is 19.1. The van der Waals surface area contributed by atoms with Crippen molar-refractivity contribution >= 4 is 23.4 Å². The van der Waals surface area contributed by atoms with E-state index >= 15 is 0 Å².